The zero-order chi connectivity index (χ0) is 17.3. The molecule has 2 aromatic rings. The van der Waals surface area contributed by atoms with Crippen LogP contribution in [0.2, 0.25) is 0 Å². The van der Waals surface area contributed by atoms with E-state index in [0.29, 0.717) is 19.6 Å². The third-order valence-corrected chi connectivity index (χ3v) is 4.56. The van der Waals surface area contributed by atoms with Crippen molar-refractivity contribution in [3.05, 3.63) is 46.7 Å². The molecule has 24 heavy (non-hydrogen) atoms. The molecule has 128 valence electrons. The predicted octanol–water partition coefficient (Wildman–Crippen LogP) is 3.15. The van der Waals surface area contributed by atoms with Crippen LogP contribution in [-0.4, -0.2) is 35.4 Å². The molecule has 1 amide bonds. The first kappa shape index (κ1) is 16.7. The van der Waals surface area contributed by atoms with Crippen LogP contribution in [0, 0.1) is 5.82 Å². The number of piperazine rings is 1. The van der Waals surface area contributed by atoms with Crippen molar-refractivity contribution in [3.8, 4) is 0 Å². The number of carbonyl (C=O) groups is 1. The van der Waals surface area contributed by atoms with Gasteiger partial charge in [0.05, 0.1) is 6.54 Å². The number of aromatic nitrogens is 1. The Bertz CT molecular complexity index is 729. The highest BCUT2D eigenvalue weighted by molar-refractivity contribution is 7.13. The number of nitrogens with zero attached hydrogens (tertiary/aromatic N) is 3. The third kappa shape index (κ3) is 3.66. The second kappa shape index (κ2) is 6.39. The van der Waals surface area contributed by atoms with E-state index in [1.165, 1.54) is 12.1 Å². The van der Waals surface area contributed by atoms with E-state index >= 15 is 0 Å². The molecule has 1 saturated heterocycles. The summed E-state index contributed by atoms with van der Waals surface area (Å²) in [6, 6.07) is 5.85. The molecule has 9 heteroatoms. The Hall–Kier alpha value is -2.16. The monoisotopic (exact) mass is 359 g/mol. The largest absolute Gasteiger partial charge is 0.434 e. The molecule has 2 heterocycles. The molecule has 1 fully saturated rings. The smallest absolute Gasteiger partial charge is 0.337 e. The number of thiazole rings is 1. The molecule has 1 aliphatic heterocycles. The molecule has 3 rings (SSSR count). The predicted molar refractivity (Wildman–Crippen MR) is 81.1 cm³/mol. The van der Waals surface area contributed by atoms with Gasteiger partial charge in [0.1, 0.15) is 5.82 Å². The third-order valence-electron chi connectivity index (χ3n) is 3.66. The summed E-state index contributed by atoms with van der Waals surface area (Å²) in [5, 5.41) is 1.14. The lowest BCUT2D eigenvalue weighted by molar-refractivity contribution is -0.140. The average molecular weight is 359 g/mol. The van der Waals surface area contributed by atoms with Crippen molar-refractivity contribution in [1.29, 1.82) is 0 Å². The molecule has 4 nitrogen and oxygen atoms in total. The maximum atomic E-state index is 12.9. The Morgan fingerprint density at radius 2 is 1.88 bits per heavy atom. The van der Waals surface area contributed by atoms with Crippen LogP contribution in [0.15, 0.2) is 29.6 Å². The minimum Gasteiger partial charge on any atom is -0.337 e. The van der Waals surface area contributed by atoms with E-state index in [1.807, 2.05) is 0 Å². The van der Waals surface area contributed by atoms with E-state index in [1.54, 1.807) is 21.9 Å². The molecule has 0 bridgehead atoms. The minimum absolute atomic E-state index is 0.0218. The van der Waals surface area contributed by atoms with Crippen molar-refractivity contribution in [2.45, 2.75) is 12.7 Å². The summed E-state index contributed by atoms with van der Waals surface area (Å²) in [6.07, 6.45) is -4.48. The Labute approximate surface area is 139 Å². The van der Waals surface area contributed by atoms with Gasteiger partial charge in [0, 0.05) is 25.0 Å². The number of alkyl halides is 3. The molecule has 0 saturated carbocycles. The molecular weight excluding hydrogens is 346 g/mol. The van der Waals surface area contributed by atoms with Gasteiger partial charge in [-0.3, -0.25) is 4.79 Å². The van der Waals surface area contributed by atoms with E-state index in [2.05, 4.69) is 4.98 Å². The van der Waals surface area contributed by atoms with Crippen LogP contribution >= 0.6 is 11.3 Å². The van der Waals surface area contributed by atoms with Crippen LogP contribution in [0.1, 0.15) is 11.3 Å². The molecular formula is C15H13F4N3OS. The van der Waals surface area contributed by atoms with Gasteiger partial charge in [-0.25, -0.2) is 9.37 Å². The molecule has 0 unspecified atom stereocenters. The van der Waals surface area contributed by atoms with Crippen molar-refractivity contribution in [2.75, 3.05) is 24.5 Å². The van der Waals surface area contributed by atoms with E-state index in [9.17, 15) is 22.4 Å². The fourth-order valence-corrected chi connectivity index (χ4v) is 3.25. The van der Waals surface area contributed by atoms with E-state index < -0.39 is 11.9 Å². The summed E-state index contributed by atoms with van der Waals surface area (Å²) >= 11 is 0.874. The lowest BCUT2D eigenvalue weighted by Crippen LogP contribution is -2.50. The Morgan fingerprint density at radius 1 is 1.17 bits per heavy atom. The number of carbonyl (C=O) groups excluding carboxylic acids is 1. The standard InChI is InChI=1S/C15H13F4N3OS/c16-11-3-1-10(2-4-11)7-21-5-6-22(8-13(21)23)14-20-12(9-24-14)15(17,18)19/h1-4,9H,5-8H2. The van der Waals surface area contributed by atoms with E-state index in [-0.39, 0.29) is 23.4 Å². The van der Waals surface area contributed by atoms with Gasteiger partial charge in [0.15, 0.2) is 10.8 Å². The number of benzene rings is 1. The normalized spacial score (nSPS) is 15.9. The quantitative estimate of drug-likeness (QED) is 0.790. The second-order valence-electron chi connectivity index (χ2n) is 5.38. The molecule has 1 aromatic heterocycles. The molecule has 0 atom stereocenters. The topological polar surface area (TPSA) is 36.4 Å². The van der Waals surface area contributed by atoms with Crippen LogP contribution in [0.3, 0.4) is 0 Å². The Balaban J connectivity index is 1.64. The van der Waals surface area contributed by atoms with Gasteiger partial charge in [-0.1, -0.05) is 12.1 Å². The van der Waals surface area contributed by atoms with Gasteiger partial charge in [-0.2, -0.15) is 13.2 Å². The minimum atomic E-state index is -4.48. The number of anilines is 1. The molecule has 1 aromatic carbocycles. The van der Waals surface area contributed by atoms with Crippen LogP contribution in [0.5, 0.6) is 0 Å². The van der Waals surface area contributed by atoms with E-state index in [4.69, 9.17) is 0 Å². The number of hydrogen-bond acceptors (Lipinski definition) is 4. The van der Waals surface area contributed by atoms with Crippen molar-refractivity contribution in [3.63, 3.8) is 0 Å². The Morgan fingerprint density at radius 3 is 2.46 bits per heavy atom. The number of rotatable bonds is 3. The molecule has 0 aliphatic carbocycles. The highest BCUT2D eigenvalue weighted by atomic mass is 32.1. The first-order valence-corrected chi connectivity index (χ1v) is 8.01. The molecule has 1 aliphatic rings. The van der Waals surface area contributed by atoms with Crippen LogP contribution in [0.25, 0.3) is 0 Å². The fraction of sp³-hybridized carbons (Fsp3) is 0.333. The first-order chi connectivity index (χ1) is 11.3. The summed E-state index contributed by atoms with van der Waals surface area (Å²) < 4.78 is 50.7. The number of halogens is 4. The maximum Gasteiger partial charge on any atom is 0.434 e. The van der Waals surface area contributed by atoms with Gasteiger partial charge >= 0.3 is 6.18 Å². The van der Waals surface area contributed by atoms with E-state index in [0.717, 1.165) is 22.3 Å². The summed E-state index contributed by atoms with van der Waals surface area (Å²) in [5.41, 5.74) is -0.143. The highest BCUT2D eigenvalue weighted by Gasteiger charge is 2.35. The average Bonchev–Trinajstić information content (AvgIpc) is 3.01. The lowest BCUT2D eigenvalue weighted by Gasteiger charge is -2.34. The van der Waals surface area contributed by atoms with Gasteiger partial charge in [0.2, 0.25) is 5.91 Å². The summed E-state index contributed by atoms with van der Waals surface area (Å²) in [5.74, 6) is -0.548. The SMILES string of the molecule is O=C1CN(c2nc(C(F)(F)F)cs2)CCN1Cc1ccc(F)cc1. The van der Waals surface area contributed by atoms with Crippen molar-refractivity contribution in [1.82, 2.24) is 9.88 Å². The zero-order valence-electron chi connectivity index (χ0n) is 12.4. The van der Waals surface area contributed by atoms with Gasteiger partial charge in [-0.15, -0.1) is 11.3 Å². The van der Waals surface area contributed by atoms with Crippen LogP contribution in [0.4, 0.5) is 22.7 Å². The summed E-state index contributed by atoms with van der Waals surface area (Å²) in [6.45, 7) is 1.10. The Kier molecular flexibility index (Phi) is 4.44. The van der Waals surface area contributed by atoms with Gasteiger partial charge < -0.3 is 9.80 Å². The molecule has 0 spiro atoms. The van der Waals surface area contributed by atoms with Crippen molar-refractivity contribution < 1.29 is 22.4 Å². The summed E-state index contributed by atoms with van der Waals surface area (Å²) in [7, 11) is 0. The zero-order valence-corrected chi connectivity index (χ0v) is 13.2. The highest BCUT2D eigenvalue weighted by Crippen LogP contribution is 2.33. The number of hydrogen-bond donors (Lipinski definition) is 0. The fourth-order valence-electron chi connectivity index (χ4n) is 2.39. The van der Waals surface area contributed by atoms with Crippen molar-refractivity contribution in [2.24, 2.45) is 0 Å². The molecule has 0 N–H and O–H groups in total. The van der Waals surface area contributed by atoms with Crippen LogP contribution < -0.4 is 4.90 Å². The van der Waals surface area contributed by atoms with Crippen LogP contribution in [-0.2, 0) is 17.5 Å². The van der Waals surface area contributed by atoms with Gasteiger partial charge in [-0.05, 0) is 17.7 Å². The summed E-state index contributed by atoms with van der Waals surface area (Å²) in [4.78, 5) is 18.9. The maximum absolute atomic E-state index is 12.9. The van der Waals surface area contributed by atoms with Gasteiger partial charge in [0.25, 0.3) is 0 Å². The lowest BCUT2D eigenvalue weighted by atomic mass is 10.2. The second-order valence-corrected chi connectivity index (χ2v) is 6.21. The number of amides is 1. The van der Waals surface area contributed by atoms with Crippen molar-refractivity contribution >= 4 is 22.4 Å². The molecule has 0 radical (unpaired) electrons. The first-order valence-electron chi connectivity index (χ1n) is 7.13.